The van der Waals surface area contributed by atoms with Crippen LogP contribution in [0.1, 0.15) is 5.56 Å². The normalized spacial score (nSPS) is 10.9. The summed E-state index contributed by atoms with van der Waals surface area (Å²) < 4.78 is 0. The van der Waals surface area contributed by atoms with Crippen molar-refractivity contribution >= 4 is 13.9 Å². The van der Waals surface area contributed by atoms with Crippen LogP contribution in [0.5, 0.6) is 0 Å². The highest BCUT2D eigenvalue weighted by atomic mass is 31.1. The van der Waals surface area contributed by atoms with Crippen molar-refractivity contribution in [3.05, 3.63) is 29.8 Å². The maximum Gasteiger partial charge on any atom is -0.0245 e. The Balaban J connectivity index is 3.01. The molecule has 1 aromatic rings. The maximum absolute atomic E-state index is 2.21. The smallest absolute Gasteiger partial charge is 0.0245 e. The predicted octanol–water partition coefficient (Wildman–Crippen LogP) is 1.93. The van der Waals surface area contributed by atoms with Gasteiger partial charge in [-0.1, -0.05) is 32.8 Å². The zero-order chi connectivity index (χ0) is 6.69. The van der Waals surface area contributed by atoms with Crippen LogP contribution in [0.3, 0.4) is 0 Å². The minimum atomic E-state index is 0.929. The summed E-state index contributed by atoms with van der Waals surface area (Å²) in [5.74, 6) is 0. The zero-order valence-corrected chi connectivity index (χ0v) is 6.81. The molecule has 0 amide bonds. The maximum atomic E-state index is 2.21. The van der Waals surface area contributed by atoms with E-state index in [1.54, 1.807) is 0 Å². The number of benzene rings is 1. The molecule has 1 heteroatoms. The van der Waals surface area contributed by atoms with Gasteiger partial charge in [-0.2, -0.15) is 0 Å². The van der Waals surface area contributed by atoms with E-state index < -0.39 is 0 Å². The van der Waals surface area contributed by atoms with Gasteiger partial charge in [0.1, 0.15) is 0 Å². The molecule has 1 rings (SSSR count). The van der Waals surface area contributed by atoms with Gasteiger partial charge < -0.3 is 0 Å². The minimum absolute atomic E-state index is 0.929. The number of aryl methyl sites for hydroxylation is 1. The molecular formula is C8H11P. The lowest BCUT2D eigenvalue weighted by atomic mass is 10.2. The molecule has 0 radical (unpaired) electrons. The van der Waals surface area contributed by atoms with Gasteiger partial charge >= 0.3 is 0 Å². The third-order valence-corrected chi connectivity index (χ3v) is 2.51. The summed E-state index contributed by atoms with van der Waals surface area (Å²) in [5, 5.41) is 1.48. The van der Waals surface area contributed by atoms with E-state index in [0.29, 0.717) is 0 Å². The lowest BCUT2D eigenvalue weighted by Gasteiger charge is -1.98. The Hall–Kier alpha value is -0.350. The van der Waals surface area contributed by atoms with Crippen LogP contribution in [0.25, 0.3) is 0 Å². The first-order valence-electron chi connectivity index (χ1n) is 3.08. The van der Waals surface area contributed by atoms with E-state index in [4.69, 9.17) is 0 Å². The Bertz CT molecular complexity index is 194. The molecule has 0 aliphatic rings. The molecule has 48 valence electrons. The highest BCUT2D eigenvalue weighted by Crippen LogP contribution is 2.06. The van der Waals surface area contributed by atoms with Gasteiger partial charge in [-0.15, -0.1) is 0 Å². The highest BCUT2D eigenvalue weighted by molar-refractivity contribution is 7.46. The first-order valence-corrected chi connectivity index (χ1v) is 4.58. The molecule has 0 nitrogen and oxygen atoms in total. The summed E-state index contributed by atoms with van der Waals surface area (Å²) in [5.41, 5.74) is 1.42. The van der Waals surface area contributed by atoms with Crippen molar-refractivity contribution in [1.82, 2.24) is 0 Å². The van der Waals surface area contributed by atoms with E-state index in [1.165, 1.54) is 10.9 Å². The van der Waals surface area contributed by atoms with Crippen LogP contribution in [0.15, 0.2) is 24.3 Å². The Kier molecular flexibility index (Phi) is 2.24. The third kappa shape index (κ3) is 1.53. The van der Waals surface area contributed by atoms with Crippen LogP contribution in [-0.4, -0.2) is 6.66 Å². The summed E-state index contributed by atoms with van der Waals surface area (Å²) in [7, 11) is 0.929. The molecule has 0 fully saturated rings. The fourth-order valence-electron chi connectivity index (χ4n) is 0.853. The van der Waals surface area contributed by atoms with Crippen molar-refractivity contribution in [2.24, 2.45) is 0 Å². The number of rotatable bonds is 1. The number of hydrogen-bond donors (Lipinski definition) is 0. The molecule has 0 aliphatic heterocycles. The van der Waals surface area contributed by atoms with Gasteiger partial charge in [0.25, 0.3) is 0 Å². The monoisotopic (exact) mass is 138 g/mol. The molecule has 1 unspecified atom stereocenters. The minimum Gasteiger partial charge on any atom is -0.0933 e. The molecule has 0 aliphatic carbocycles. The largest absolute Gasteiger partial charge is 0.0933 e. The zero-order valence-electron chi connectivity index (χ0n) is 5.81. The molecular weight excluding hydrogens is 127 g/mol. The topological polar surface area (TPSA) is 0 Å². The van der Waals surface area contributed by atoms with E-state index >= 15 is 0 Å². The first kappa shape index (κ1) is 6.77. The van der Waals surface area contributed by atoms with Crippen LogP contribution in [-0.2, 0) is 0 Å². The molecule has 0 heterocycles. The molecule has 1 atom stereocenters. The van der Waals surface area contributed by atoms with E-state index in [9.17, 15) is 0 Å². The molecule has 0 aromatic heterocycles. The van der Waals surface area contributed by atoms with Crippen LogP contribution in [0.4, 0.5) is 0 Å². The Morgan fingerprint density at radius 2 is 1.89 bits per heavy atom. The van der Waals surface area contributed by atoms with Crippen molar-refractivity contribution < 1.29 is 0 Å². The second kappa shape index (κ2) is 2.98. The summed E-state index contributed by atoms with van der Waals surface area (Å²) >= 11 is 0. The number of hydrogen-bond acceptors (Lipinski definition) is 0. The van der Waals surface area contributed by atoms with Crippen molar-refractivity contribution in [2.45, 2.75) is 6.92 Å². The lowest BCUT2D eigenvalue weighted by Crippen LogP contribution is -1.96. The summed E-state index contributed by atoms with van der Waals surface area (Å²) in [6, 6.07) is 8.53. The van der Waals surface area contributed by atoms with E-state index in [1.807, 2.05) is 0 Å². The molecule has 0 N–H and O–H groups in total. The van der Waals surface area contributed by atoms with Crippen LogP contribution in [0, 0.1) is 6.92 Å². The van der Waals surface area contributed by atoms with Gasteiger partial charge in [-0.05, 0) is 24.5 Å². The van der Waals surface area contributed by atoms with E-state index in [-0.39, 0.29) is 0 Å². The Morgan fingerprint density at radius 1 is 1.22 bits per heavy atom. The molecule has 1 aromatic carbocycles. The fourth-order valence-corrected chi connectivity index (χ4v) is 1.59. The first-order chi connectivity index (χ1) is 4.34. The van der Waals surface area contributed by atoms with E-state index in [2.05, 4.69) is 37.9 Å². The van der Waals surface area contributed by atoms with Gasteiger partial charge in [-0.3, -0.25) is 0 Å². The Morgan fingerprint density at radius 3 is 2.33 bits per heavy atom. The highest BCUT2D eigenvalue weighted by Gasteiger charge is 1.89. The third-order valence-electron chi connectivity index (χ3n) is 1.41. The second-order valence-corrected chi connectivity index (χ2v) is 3.10. The standard InChI is InChI=1S/C8H11P/c1-7-5-3-4-6-8(7)9-2/h3-6,9H,1-2H3. The fraction of sp³-hybridized carbons (Fsp3) is 0.250. The van der Waals surface area contributed by atoms with Gasteiger partial charge in [0, 0.05) is 0 Å². The molecule has 0 saturated heterocycles. The van der Waals surface area contributed by atoms with Crippen molar-refractivity contribution in [3.8, 4) is 0 Å². The average Bonchev–Trinajstić information content (AvgIpc) is 1.89. The summed E-state index contributed by atoms with van der Waals surface area (Å²) in [6.45, 7) is 4.37. The van der Waals surface area contributed by atoms with Gasteiger partial charge in [0.2, 0.25) is 0 Å². The second-order valence-electron chi connectivity index (χ2n) is 2.06. The van der Waals surface area contributed by atoms with Crippen molar-refractivity contribution in [1.29, 1.82) is 0 Å². The molecule has 0 saturated carbocycles. The molecule has 9 heavy (non-hydrogen) atoms. The molecule has 0 bridgehead atoms. The predicted molar refractivity (Wildman–Crippen MR) is 45.1 cm³/mol. The Labute approximate surface area is 58.1 Å². The summed E-state index contributed by atoms with van der Waals surface area (Å²) in [6.07, 6.45) is 0. The molecule has 0 spiro atoms. The van der Waals surface area contributed by atoms with Crippen molar-refractivity contribution in [2.75, 3.05) is 6.66 Å². The SMILES string of the molecule is CPc1ccccc1C. The van der Waals surface area contributed by atoms with Gasteiger partial charge in [0.05, 0.1) is 0 Å². The van der Waals surface area contributed by atoms with Gasteiger partial charge in [0.15, 0.2) is 0 Å². The average molecular weight is 138 g/mol. The van der Waals surface area contributed by atoms with Crippen LogP contribution < -0.4 is 5.30 Å². The van der Waals surface area contributed by atoms with E-state index in [0.717, 1.165) is 8.58 Å². The van der Waals surface area contributed by atoms with Crippen molar-refractivity contribution in [3.63, 3.8) is 0 Å². The van der Waals surface area contributed by atoms with Crippen LogP contribution in [0.2, 0.25) is 0 Å². The van der Waals surface area contributed by atoms with Gasteiger partial charge in [-0.25, -0.2) is 0 Å². The lowest BCUT2D eigenvalue weighted by molar-refractivity contribution is 1.52. The quantitative estimate of drug-likeness (QED) is 0.520. The van der Waals surface area contributed by atoms with Crippen LogP contribution >= 0.6 is 8.58 Å². The summed E-state index contributed by atoms with van der Waals surface area (Å²) in [4.78, 5) is 0.